The molecule has 0 unspecified atom stereocenters. The van der Waals surface area contributed by atoms with Crippen LogP contribution in [0.1, 0.15) is 30.8 Å². The molecule has 0 aromatic carbocycles. The number of rotatable bonds is 6. The van der Waals surface area contributed by atoms with Crippen molar-refractivity contribution in [2.24, 2.45) is 0 Å². The zero-order valence-corrected chi connectivity index (χ0v) is 9.96. The summed E-state index contributed by atoms with van der Waals surface area (Å²) in [6.45, 7) is 3.19. The van der Waals surface area contributed by atoms with E-state index >= 15 is 0 Å². The van der Waals surface area contributed by atoms with Crippen molar-refractivity contribution in [3.05, 3.63) is 23.8 Å². The Morgan fingerprint density at radius 2 is 2.35 bits per heavy atom. The van der Waals surface area contributed by atoms with E-state index in [0.29, 0.717) is 12.6 Å². The number of carboxylic acid groups (broad SMARTS) is 1. The van der Waals surface area contributed by atoms with Crippen molar-refractivity contribution >= 4 is 5.97 Å². The SMILES string of the molecule is Cc1nccc(CN(CCC(=O)O)C2CC2)n1. The van der Waals surface area contributed by atoms with Crippen molar-refractivity contribution in [1.82, 2.24) is 14.9 Å². The molecular formula is C12H17N3O2. The largest absolute Gasteiger partial charge is 0.481 e. The summed E-state index contributed by atoms with van der Waals surface area (Å²) in [5.41, 5.74) is 0.967. The summed E-state index contributed by atoms with van der Waals surface area (Å²) in [6, 6.07) is 2.44. The Morgan fingerprint density at radius 3 is 2.94 bits per heavy atom. The summed E-state index contributed by atoms with van der Waals surface area (Å²) >= 11 is 0. The first-order valence-corrected chi connectivity index (χ1v) is 5.89. The van der Waals surface area contributed by atoms with E-state index in [1.165, 1.54) is 12.8 Å². The molecule has 1 fully saturated rings. The predicted molar refractivity (Wildman–Crippen MR) is 62.5 cm³/mol. The fourth-order valence-electron chi connectivity index (χ4n) is 1.87. The minimum Gasteiger partial charge on any atom is -0.481 e. The molecule has 1 N–H and O–H groups in total. The number of aryl methyl sites for hydroxylation is 1. The smallest absolute Gasteiger partial charge is 0.304 e. The molecule has 0 aliphatic heterocycles. The number of carbonyl (C=O) groups is 1. The molecule has 5 nitrogen and oxygen atoms in total. The Kier molecular flexibility index (Phi) is 3.68. The Labute approximate surface area is 100 Å². The average molecular weight is 235 g/mol. The van der Waals surface area contributed by atoms with E-state index in [1.54, 1.807) is 6.20 Å². The van der Waals surface area contributed by atoms with Gasteiger partial charge in [0.15, 0.2) is 0 Å². The number of hydrogen-bond acceptors (Lipinski definition) is 4. The van der Waals surface area contributed by atoms with Crippen LogP contribution in [0.4, 0.5) is 0 Å². The topological polar surface area (TPSA) is 66.3 Å². The third kappa shape index (κ3) is 3.78. The number of aromatic nitrogens is 2. The van der Waals surface area contributed by atoms with Crippen molar-refractivity contribution in [3.8, 4) is 0 Å². The van der Waals surface area contributed by atoms with Crippen LogP contribution in [0.2, 0.25) is 0 Å². The lowest BCUT2D eigenvalue weighted by molar-refractivity contribution is -0.137. The molecule has 5 heteroatoms. The van der Waals surface area contributed by atoms with Gasteiger partial charge in [0.25, 0.3) is 0 Å². The van der Waals surface area contributed by atoms with Crippen molar-refractivity contribution < 1.29 is 9.90 Å². The van der Waals surface area contributed by atoms with Crippen LogP contribution in [0, 0.1) is 6.92 Å². The maximum Gasteiger partial charge on any atom is 0.304 e. The van der Waals surface area contributed by atoms with Crippen LogP contribution in [0.3, 0.4) is 0 Å². The summed E-state index contributed by atoms with van der Waals surface area (Å²) in [5, 5.41) is 8.72. The molecular weight excluding hydrogens is 218 g/mol. The fourth-order valence-corrected chi connectivity index (χ4v) is 1.87. The molecule has 17 heavy (non-hydrogen) atoms. The monoisotopic (exact) mass is 235 g/mol. The van der Waals surface area contributed by atoms with Crippen LogP contribution in [-0.2, 0) is 11.3 Å². The highest BCUT2D eigenvalue weighted by atomic mass is 16.4. The van der Waals surface area contributed by atoms with Crippen LogP contribution < -0.4 is 0 Å². The first kappa shape index (κ1) is 12.0. The quantitative estimate of drug-likeness (QED) is 0.803. The molecule has 0 radical (unpaired) electrons. The minimum absolute atomic E-state index is 0.195. The maximum atomic E-state index is 10.6. The number of carboxylic acids is 1. The van der Waals surface area contributed by atoms with E-state index in [4.69, 9.17) is 5.11 Å². The number of hydrogen-bond donors (Lipinski definition) is 1. The van der Waals surface area contributed by atoms with Gasteiger partial charge in [0.1, 0.15) is 5.82 Å². The lowest BCUT2D eigenvalue weighted by Gasteiger charge is -2.20. The van der Waals surface area contributed by atoms with E-state index in [2.05, 4.69) is 14.9 Å². The van der Waals surface area contributed by atoms with E-state index in [0.717, 1.165) is 18.1 Å². The standard InChI is InChI=1S/C12H17N3O2/c1-9-13-6-4-10(14-9)8-15(11-2-3-11)7-5-12(16)17/h4,6,11H,2-3,5,7-8H2,1H3,(H,16,17). The van der Waals surface area contributed by atoms with Gasteiger partial charge in [0.2, 0.25) is 0 Å². The first-order chi connectivity index (χ1) is 8.15. The number of nitrogens with zero attached hydrogens (tertiary/aromatic N) is 3. The van der Waals surface area contributed by atoms with Gasteiger partial charge in [0, 0.05) is 25.3 Å². The Hall–Kier alpha value is -1.49. The summed E-state index contributed by atoms with van der Waals surface area (Å²) in [7, 11) is 0. The zero-order valence-electron chi connectivity index (χ0n) is 9.96. The Morgan fingerprint density at radius 1 is 1.59 bits per heavy atom. The predicted octanol–water partition coefficient (Wildman–Crippen LogP) is 1.22. The highest BCUT2D eigenvalue weighted by Crippen LogP contribution is 2.28. The van der Waals surface area contributed by atoms with E-state index in [1.807, 2.05) is 13.0 Å². The molecule has 1 aromatic heterocycles. The van der Waals surface area contributed by atoms with E-state index in [9.17, 15) is 4.79 Å². The molecule has 0 saturated heterocycles. The van der Waals surface area contributed by atoms with Gasteiger partial charge in [-0.25, -0.2) is 9.97 Å². The van der Waals surface area contributed by atoms with Gasteiger partial charge in [-0.3, -0.25) is 9.69 Å². The molecule has 1 heterocycles. The molecule has 92 valence electrons. The van der Waals surface area contributed by atoms with Crippen LogP contribution >= 0.6 is 0 Å². The Balaban J connectivity index is 1.95. The van der Waals surface area contributed by atoms with Gasteiger partial charge in [-0.05, 0) is 25.8 Å². The molecule has 0 spiro atoms. The van der Waals surface area contributed by atoms with Crippen molar-refractivity contribution in [3.63, 3.8) is 0 Å². The second-order valence-electron chi connectivity index (χ2n) is 4.44. The van der Waals surface area contributed by atoms with Crippen molar-refractivity contribution in [1.29, 1.82) is 0 Å². The highest BCUT2D eigenvalue weighted by Gasteiger charge is 2.29. The lowest BCUT2D eigenvalue weighted by Crippen LogP contribution is -2.28. The van der Waals surface area contributed by atoms with Gasteiger partial charge in [-0.15, -0.1) is 0 Å². The second-order valence-corrected chi connectivity index (χ2v) is 4.44. The fraction of sp³-hybridized carbons (Fsp3) is 0.583. The van der Waals surface area contributed by atoms with Crippen molar-refractivity contribution in [2.45, 2.75) is 38.8 Å². The van der Waals surface area contributed by atoms with Gasteiger partial charge in [-0.2, -0.15) is 0 Å². The normalized spacial score (nSPS) is 15.2. The summed E-state index contributed by atoms with van der Waals surface area (Å²) in [6.07, 6.45) is 4.29. The van der Waals surface area contributed by atoms with Crippen LogP contribution in [0.5, 0.6) is 0 Å². The summed E-state index contributed by atoms with van der Waals surface area (Å²) < 4.78 is 0. The van der Waals surface area contributed by atoms with Crippen molar-refractivity contribution in [2.75, 3.05) is 6.54 Å². The molecule has 1 saturated carbocycles. The summed E-state index contributed by atoms with van der Waals surface area (Å²) in [5.74, 6) is 0.0194. The van der Waals surface area contributed by atoms with Gasteiger partial charge >= 0.3 is 5.97 Å². The van der Waals surface area contributed by atoms with Crippen LogP contribution in [0.25, 0.3) is 0 Å². The van der Waals surface area contributed by atoms with E-state index in [-0.39, 0.29) is 6.42 Å². The highest BCUT2D eigenvalue weighted by molar-refractivity contribution is 5.66. The molecule has 2 rings (SSSR count). The van der Waals surface area contributed by atoms with Crippen LogP contribution in [0.15, 0.2) is 12.3 Å². The molecule has 0 amide bonds. The molecule has 1 aliphatic carbocycles. The average Bonchev–Trinajstić information content (AvgIpc) is 3.07. The minimum atomic E-state index is -0.741. The first-order valence-electron chi connectivity index (χ1n) is 5.89. The van der Waals surface area contributed by atoms with Crippen LogP contribution in [-0.4, -0.2) is 38.5 Å². The second kappa shape index (κ2) is 5.23. The molecule has 1 aliphatic rings. The molecule has 0 bridgehead atoms. The van der Waals surface area contributed by atoms with Gasteiger partial charge in [0.05, 0.1) is 12.1 Å². The van der Waals surface area contributed by atoms with E-state index < -0.39 is 5.97 Å². The third-order valence-electron chi connectivity index (χ3n) is 2.87. The maximum absolute atomic E-state index is 10.6. The molecule has 0 atom stereocenters. The summed E-state index contributed by atoms with van der Waals surface area (Å²) in [4.78, 5) is 21.2. The zero-order chi connectivity index (χ0) is 12.3. The lowest BCUT2D eigenvalue weighted by atomic mass is 10.3. The number of aliphatic carboxylic acids is 1. The Bertz CT molecular complexity index is 404. The molecule has 1 aromatic rings. The third-order valence-corrected chi connectivity index (χ3v) is 2.87. The van der Waals surface area contributed by atoms with Gasteiger partial charge < -0.3 is 5.11 Å². The van der Waals surface area contributed by atoms with Gasteiger partial charge in [-0.1, -0.05) is 0 Å².